The van der Waals surface area contributed by atoms with E-state index in [0.29, 0.717) is 32.7 Å². The first kappa shape index (κ1) is 23.4. The van der Waals surface area contributed by atoms with Gasteiger partial charge in [0.2, 0.25) is 5.91 Å². The molecule has 0 saturated carbocycles. The minimum atomic E-state index is -0.653. The van der Waals surface area contributed by atoms with E-state index in [-0.39, 0.29) is 36.3 Å². The normalized spacial score (nSPS) is 14.5. The molecule has 1 amide bonds. The van der Waals surface area contributed by atoms with E-state index in [1.807, 2.05) is 24.0 Å². The lowest BCUT2D eigenvalue weighted by atomic mass is 10.2. The van der Waals surface area contributed by atoms with Crippen LogP contribution in [0.25, 0.3) is 0 Å². The van der Waals surface area contributed by atoms with Gasteiger partial charge in [-0.05, 0) is 25.5 Å². The van der Waals surface area contributed by atoms with Crippen LogP contribution in [0.5, 0.6) is 5.75 Å². The van der Waals surface area contributed by atoms with Gasteiger partial charge in [0, 0.05) is 39.3 Å². The standard InChI is InChI=1S/C22H32N6O4/c1-3-5-10-28-20(23)19(21(31)24-22(28)32)27(4-2)18(30)15-25-11-13-26(14-12-25)16-8-6-7-9-17(16)29/h6-9,29H,3-5,10-15,23H2,1-2H3,(H,24,31,32). The minimum Gasteiger partial charge on any atom is -0.506 e. The van der Waals surface area contributed by atoms with Crippen molar-refractivity contribution >= 4 is 23.1 Å². The second kappa shape index (κ2) is 10.4. The Labute approximate surface area is 186 Å². The van der Waals surface area contributed by atoms with Crippen molar-refractivity contribution in [3.05, 3.63) is 45.1 Å². The molecule has 0 unspecified atom stereocenters. The van der Waals surface area contributed by atoms with E-state index in [4.69, 9.17) is 5.73 Å². The largest absolute Gasteiger partial charge is 0.506 e. The number of hydrogen-bond acceptors (Lipinski definition) is 7. The molecule has 1 saturated heterocycles. The van der Waals surface area contributed by atoms with Gasteiger partial charge in [0.25, 0.3) is 5.56 Å². The Kier molecular flexibility index (Phi) is 7.57. The Morgan fingerprint density at radius 3 is 2.47 bits per heavy atom. The monoisotopic (exact) mass is 444 g/mol. The molecule has 0 aliphatic carbocycles. The minimum absolute atomic E-state index is 0.0202. The van der Waals surface area contributed by atoms with Crippen molar-refractivity contribution < 1.29 is 9.90 Å². The predicted molar refractivity (Wildman–Crippen MR) is 125 cm³/mol. The number of rotatable bonds is 8. The summed E-state index contributed by atoms with van der Waals surface area (Å²) >= 11 is 0. The van der Waals surface area contributed by atoms with Crippen LogP contribution >= 0.6 is 0 Å². The van der Waals surface area contributed by atoms with Crippen LogP contribution in [-0.2, 0) is 11.3 Å². The number of carbonyl (C=O) groups is 1. The van der Waals surface area contributed by atoms with Crippen LogP contribution in [0, 0.1) is 0 Å². The number of nitrogens with one attached hydrogen (secondary N) is 1. The molecule has 3 rings (SSSR count). The van der Waals surface area contributed by atoms with Crippen LogP contribution in [0.1, 0.15) is 26.7 Å². The number of amides is 1. The summed E-state index contributed by atoms with van der Waals surface area (Å²) < 4.78 is 1.32. The molecule has 32 heavy (non-hydrogen) atoms. The third-order valence-electron chi connectivity index (χ3n) is 5.79. The van der Waals surface area contributed by atoms with Gasteiger partial charge in [-0.2, -0.15) is 0 Å². The topological polar surface area (TPSA) is 128 Å². The van der Waals surface area contributed by atoms with E-state index in [9.17, 15) is 19.5 Å². The number of benzene rings is 1. The third kappa shape index (κ3) is 4.96. The van der Waals surface area contributed by atoms with Gasteiger partial charge in [-0.1, -0.05) is 25.5 Å². The van der Waals surface area contributed by atoms with Gasteiger partial charge < -0.3 is 20.6 Å². The Morgan fingerprint density at radius 1 is 1.16 bits per heavy atom. The lowest BCUT2D eigenvalue weighted by Gasteiger charge is -2.36. The molecule has 2 aromatic rings. The second-order valence-corrected chi connectivity index (χ2v) is 7.89. The highest BCUT2D eigenvalue weighted by Crippen LogP contribution is 2.27. The number of unbranched alkanes of at least 4 members (excludes halogenated alkanes) is 1. The summed E-state index contributed by atoms with van der Waals surface area (Å²) in [6, 6.07) is 7.20. The number of aromatic amines is 1. The first-order valence-corrected chi connectivity index (χ1v) is 11.1. The number of para-hydroxylation sites is 2. The fourth-order valence-electron chi connectivity index (χ4n) is 3.99. The van der Waals surface area contributed by atoms with Crippen molar-refractivity contribution in [3.63, 3.8) is 0 Å². The van der Waals surface area contributed by atoms with Crippen LogP contribution in [0.15, 0.2) is 33.9 Å². The van der Waals surface area contributed by atoms with Crippen LogP contribution in [0.4, 0.5) is 17.2 Å². The van der Waals surface area contributed by atoms with E-state index in [2.05, 4.69) is 9.88 Å². The number of carbonyl (C=O) groups excluding carboxylic acids is 1. The molecular formula is C22H32N6O4. The Balaban J connectivity index is 1.72. The van der Waals surface area contributed by atoms with Crippen molar-refractivity contribution in [1.82, 2.24) is 14.5 Å². The number of nitrogens with two attached hydrogens (primary N) is 1. The van der Waals surface area contributed by atoms with Gasteiger partial charge in [-0.15, -0.1) is 0 Å². The second-order valence-electron chi connectivity index (χ2n) is 7.89. The molecule has 1 aliphatic rings. The van der Waals surface area contributed by atoms with Crippen molar-refractivity contribution in [3.8, 4) is 5.75 Å². The highest BCUT2D eigenvalue weighted by atomic mass is 16.3. The van der Waals surface area contributed by atoms with Crippen LogP contribution in [-0.4, -0.2) is 64.7 Å². The maximum atomic E-state index is 13.1. The molecule has 0 bridgehead atoms. The lowest BCUT2D eigenvalue weighted by molar-refractivity contribution is -0.119. The van der Waals surface area contributed by atoms with Crippen molar-refractivity contribution in [1.29, 1.82) is 0 Å². The van der Waals surface area contributed by atoms with Gasteiger partial charge in [-0.25, -0.2) is 4.79 Å². The summed E-state index contributed by atoms with van der Waals surface area (Å²) in [4.78, 5) is 45.6. The zero-order valence-corrected chi connectivity index (χ0v) is 18.7. The number of aromatic hydroxyl groups is 1. The van der Waals surface area contributed by atoms with Gasteiger partial charge in [-0.3, -0.25) is 24.0 Å². The van der Waals surface area contributed by atoms with Crippen LogP contribution < -0.4 is 26.8 Å². The molecular weight excluding hydrogens is 412 g/mol. The quantitative estimate of drug-likeness (QED) is 0.549. The number of nitrogen functional groups attached to an aromatic ring is 1. The molecule has 174 valence electrons. The van der Waals surface area contributed by atoms with E-state index in [1.165, 1.54) is 9.47 Å². The average Bonchev–Trinajstić information content (AvgIpc) is 2.77. The summed E-state index contributed by atoms with van der Waals surface area (Å²) in [6.07, 6.45) is 1.60. The number of H-pyrrole nitrogens is 1. The molecule has 1 aromatic carbocycles. The summed E-state index contributed by atoms with van der Waals surface area (Å²) in [7, 11) is 0. The van der Waals surface area contributed by atoms with E-state index < -0.39 is 11.2 Å². The van der Waals surface area contributed by atoms with E-state index in [1.54, 1.807) is 19.1 Å². The number of phenolic OH excluding ortho intramolecular Hbond substituents is 1. The first-order valence-electron chi connectivity index (χ1n) is 11.1. The predicted octanol–water partition coefficient (Wildman–Crippen LogP) is 0.800. The van der Waals surface area contributed by atoms with Gasteiger partial charge in [0.15, 0.2) is 5.69 Å². The molecule has 0 atom stereocenters. The summed E-state index contributed by atoms with van der Waals surface area (Å²) in [6.45, 7) is 7.15. The number of nitrogens with zero attached hydrogens (tertiary/aromatic N) is 4. The van der Waals surface area contributed by atoms with Crippen molar-refractivity contribution in [2.45, 2.75) is 33.2 Å². The Bertz CT molecular complexity index is 1060. The Hall–Kier alpha value is -3.27. The molecule has 1 fully saturated rings. The number of hydrogen-bond donors (Lipinski definition) is 3. The number of phenols is 1. The molecule has 1 aromatic heterocycles. The summed E-state index contributed by atoms with van der Waals surface area (Å²) in [5.41, 5.74) is 5.77. The van der Waals surface area contributed by atoms with E-state index >= 15 is 0 Å². The molecule has 10 heteroatoms. The zero-order chi connectivity index (χ0) is 23.3. The van der Waals surface area contributed by atoms with Gasteiger partial charge in [0.05, 0.1) is 12.2 Å². The van der Waals surface area contributed by atoms with E-state index in [0.717, 1.165) is 18.5 Å². The average molecular weight is 445 g/mol. The van der Waals surface area contributed by atoms with Gasteiger partial charge >= 0.3 is 5.69 Å². The number of anilines is 3. The fourth-order valence-corrected chi connectivity index (χ4v) is 3.99. The summed E-state index contributed by atoms with van der Waals surface area (Å²) in [5, 5.41) is 10.1. The number of likely N-dealkylation sites (N-methyl/N-ethyl adjacent to an activating group) is 1. The number of piperazine rings is 1. The summed E-state index contributed by atoms with van der Waals surface area (Å²) in [5.74, 6) is 0.00949. The molecule has 1 aliphatic heterocycles. The SMILES string of the molecule is CCCCn1c(N)c(N(CC)C(=O)CN2CCN(c3ccccc3O)CC2)c(=O)[nH]c1=O. The van der Waals surface area contributed by atoms with Crippen LogP contribution in [0.2, 0.25) is 0 Å². The lowest BCUT2D eigenvalue weighted by Crippen LogP contribution is -2.51. The highest BCUT2D eigenvalue weighted by Gasteiger charge is 2.26. The number of aromatic nitrogens is 2. The maximum Gasteiger partial charge on any atom is 0.330 e. The third-order valence-corrected chi connectivity index (χ3v) is 5.79. The van der Waals surface area contributed by atoms with Crippen molar-refractivity contribution in [2.75, 3.05) is 54.8 Å². The molecule has 0 spiro atoms. The molecule has 10 nitrogen and oxygen atoms in total. The van der Waals surface area contributed by atoms with Crippen LogP contribution in [0.3, 0.4) is 0 Å². The smallest absolute Gasteiger partial charge is 0.330 e. The molecule has 2 heterocycles. The maximum absolute atomic E-state index is 13.1. The molecule has 4 N–H and O–H groups in total. The first-order chi connectivity index (χ1) is 15.4. The Morgan fingerprint density at radius 2 is 1.84 bits per heavy atom. The van der Waals surface area contributed by atoms with Crippen molar-refractivity contribution in [2.24, 2.45) is 0 Å². The van der Waals surface area contributed by atoms with Gasteiger partial charge in [0.1, 0.15) is 11.6 Å². The zero-order valence-electron chi connectivity index (χ0n) is 18.7. The fraction of sp³-hybridized carbons (Fsp3) is 0.500. The highest BCUT2D eigenvalue weighted by molar-refractivity contribution is 5.96. The molecule has 0 radical (unpaired) electrons.